The molecule has 8 heteroatoms. The van der Waals surface area contributed by atoms with Gasteiger partial charge in [-0.3, -0.25) is 9.69 Å². The Balaban J connectivity index is 1.13. The largest absolute Gasteiger partial charge is 0.360 e. The molecule has 1 N–H and O–H groups in total. The Morgan fingerprint density at radius 1 is 1.19 bits per heavy atom. The van der Waals surface area contributed by atoms with Crippen LogP contribution in [0.3, 0.4) is 0 Å². The SMILES string of the molecule is O=C(NCCCN1CCN(c2ncccn2)CC1)c1cc(C2CC2)on1. The molecule has 1 aliphatic carbocycles. The van der Waals surface area contributed by atoms with Gasteiger partial charge in [-0.25, -0.2) is 9.97 Å². The summed E-state index contributed by atoms with van der Waals surface area (Å²) in [6.07, 6.45) is 6.75. The van der Waals surface area contributed by atoms with Crippen molar-refractivity contribution in [3.8, 4) is 0 Å². The molecule has 0 aromatic carbocycles. The number of nitrogens with one attached hydrogen (secondary N) is 1. The highest BCUT2D eigenvalue weighted by Gasteiger charge is 2.28. The van der Waals surface area contributed by atoms with Crippen LogP contribution in [0.15, 0.2) is 29.0 Å². The van der Waals surface area contributed by atoms with Gasteiger partial charge in [-0.2, -0.15) is 0 Å². The molecule has 2 aliphatic rings. The van der Waals surface area contributed by atoms with Crippen LogP contribution in [-0.2, 0) is 0 Å². The van der Waals surface area contributed by atoms with Crippen molar-refractivity contribution in [3.63, 3.8) is 0 Å². The monoisotopic (exact) mass is 356 g/mol. The zero-order valence-corrected chi connectivity index (χ0v) is 14.8. The maximum Gasteiger partial charge on any atom is 0.273 e. The Morgan fingerprint density at radius 3 is 2.69 bits per heavy atom. The highest BCUT2D eigenvalue weighted by Crippen LogP contribution is 2.40. The smallest absolute Gasteiger partial charge is 0.273 e. The number of nitrogens with zero attached hydrogens (tertiary/aromatic N) is 5. The summed E-state index contributed by atoms with van der Waals surface area (Å²) in [7, 11) is 0. The molecule has 2 aromatic heterocycles. The quantitative estimate of drug-likeness (QED) is 0.748. The number of carbonyl (C=O) groups is 1. The number of hydrogen-bond acceptors (Lipinski definition) is 7. The van der Waals surface area contributed by atoms with Gasteiger partial charge in [-0.05, 0) is 31.9 Å². The molecular formula is C18H24N6O2. The normalized spacial score (nSPS) is 18.1. The molecule has 1 saturated heterocycles. The van der Waals surface area contributed by atoms with Gasteiger partial charge >= 0.3 is 0 Å². The Kier molecular flexibility index (Phi) is 5.10. The molecular weight excluding hydrogens is 332 g/mol. The van der Waals surface area contributed by atoms with Crippen molar-refractivity contribution in [3.05, 3.63) is 36.0 Å². The van der Waals surface area contributed by atoms with Gasteiger partial charge < -0.3 is 14.7 Å². The van der Waals surface area contributed by atoms with Crippen LogP contribution < -0.4 is 10.2 Å². The maximum absolute atomic E-state index is 12.1. The number of amides is 1. The van der Waals surface area contributed by atoms with E-state index in [9.17, 15) is 4.79 Å². The maximum atomic E-state index is 12.1. The van der Waals surface area contributed by atoms with E-state index in [1.165, 1.54) is 0 Å². The van der Waals surface area contributed by atoms with Crippen molar-refractivity contribution in [1.82, 2.24) is 25.3 Å². The molecule has 8 nitrogen and oxygen atoms in total. The molecule has 138 valence electrons. The Morgan fingerprint density at radius 2 is 1.96 bits per heavy atom. The molecule has 0 spiro atoms. The van der Waals surface area contributed by atoms with Gasteiger partial charge in [-0.15, -0.1) is 0 Å². The standard InChI is InChI=1S/C18H24N6O2/c25-17(15-13-16(26-22-15)14-3-4-14)19-7-2-8-23-9-11-24(12-10-23)18-20-5-1-6-21-18/h1,5-6,13-14H,2-4,7-12H2,(H,19,25). The van der Waals surface area contributed by atoms with E-state index < -0.39 is 0 Å². The van der Waals surface area contributed by atoms with E-state index in [1.807, 2.05) is 6.07 Å². The summed E-state index contributed by atoms with van der Waals surface area (Å²) in [5.41, 5.74) is 0.392. The lowest BCUT2D eigenvalue weighted by atomic mass is 10.2. The summed E-state index contributed by atoms with van der Waals surface area (Å²) in [4.78, 5) is 25.3. The lowest BCUT2D eigenvalue weighted by Crippen LogP contribution is -2.47. The summed E-state index contributed by atoms with van der Waals surface area (Å²) in [6, 6.07) is 3.61. The van der Waals surface area contributed by atoms with E-state index in [4.69, 9.17) is 4.52 Å². The summed E-state index contributed by atoms with van der Waals surface area (Å²) in [5, 5.41) is 6.80. The van der Waals surface area contributed by atoms with Gasteiger partial charge in [0.05, 0.1) is 0 Å². The number of carbonyl (C=O) groups excluding carboxylic acids is 1. The van der Waals surface area contributed by atoms with Crippen LogP contribution in [0.25, 0.3) is 0 Å². The van der Waals surface area contributed by atoms with E-state index in [0.717, 1.165) is 63.7 Å². The first-order chi connectivity index (χ1) is 12.8. The van der Waals surface area contributed by atoms with Crippen LogP contribution in [0.4, 0.5) is 5.95 Å². The van der Waals surface area contributed by atoms with Crippen molar-refractivity contribution >= 4 is 11.9 Å². The third-order valence-corrected chi connectivity index (χ3v) is 4.88. The molecule has 0 bridgehead atoms. The fourth-order valence-electron chi connectivity index (χ4n) is 3.18. The molecule has 0 radical (unpaired) electrons. The molecule has 0 atom stereocenters. The molecule has 1 saturated carbocycles. The number of hydrogen-bond donors (Lipinski definition) is 1. The van der Waals surface area contributed by atoms with Gasteiger partial charge in [0.15, 0.2) is 5.69 Å². The van der Waals surface area contributed by atoms with Crippen molar-refractivity contribution in [2.24, 2.45) is 0 Å². The first kappa shape index (κ1) is 17.0. The van der Waals surface area contributed by atoms with Gasteiger partial charge in [0.25, 0.3) is 5.91 Å². The fraction of sp³-hybridized carbons (Fsp3) is 0.556. The van der Waals surface area contributed by atoms with Crippen LogP contribution in [0.2, 0.25) is 0 Å². The molecule has 0 unspecified atom stereocenters. The van der Waals surface area contributed by atoms with Crippen LogP contribution in [0.1, 0.15) is 41.4 Å². The zero-order chi connectivity index (χ0) is 17.8. The first-order valence-electron chi connectivity index (χ1n) is 9.29. The molecule has 3 heterocycles. The second kappa shape index (κ2) is 7.82. The Bertz CT molecular complexity index is 722. The fourth-order valence-corrected chi connectivity index (χ4v) is 3.18. The van der Waals surface area contributed by atoms with Gasteiger partial charge in [-0.1, -0.05) is 5.16 Å². The number of rotatable bonds is 7. The highest BCUT2D eigenvalue weighted by molar-refractivity contribution is 5.92. The van der Waals surface area contributed by atoms with Crippen molar-refractivity contribution in [2.45, 2.75) is 25.2 Å². The third-order valence-electron chi connectivity index (χ3n) is 4.88. The first-order valence-corrected chi connectivity index (χ1v) is 9.29. The summed E-state index contributed by atoms with van der Waals surface area (Å²) in [6.45, 7) is 5.45. The van der Waals surface area contributed by atoms with E-state index >= 15 is 0 Å². The summed E-state index contributed by atoms with van der Waals surface area (Å²) in [5.74, 6) is 1.98. The predicted molar refractivity (Wildman–Crippen MR) is 96.1 cm³/mol. The highest BCUT2D eigenvalue weighted by atomic mass is 16.5. The van der Waals surface area contributed by atoms with Crippen molar-refractivity contribution < 1.29 is 9.32 Å². The Hall–Kier alpha value is -2.48. The zero-order valence-electron chi connectivity index (χ0n) is 14.8. The summed E-state index contributed by atoms with van der Waals surface area (Å²) < 4.78 is 5.22. The average Bonchev–Trinajstić information content (AvgIpc) is 3.43. The number of aromatic nitrogens is 3. The summed E-state index contributed by atoms with van der Waals surface area (Å²) >= 11 is 0. The second-order valence-corrected chi connectivity index (χ2v) is 6.88. The van der Waals surface area contributed by atoms with Crippen LogP contribution in [0.5, 0.6) is 0 Å². The number of anilines is 1. The molecule has 2 fully saturated rings. The van der Waals surface area contributed by atoms with E-state index in [0.29, 0.717) is 18.2 Å². The van der Waals surface area contributed by atoms with Crippen molar-refractivity contribution in [1.29, 1.82) is 0 Å². The van der Waals surface area contributed by atoms with Crippen LogP contribution in [0, 0.1) is 0 Å². The minimum atomic E-state index is -0.147. The topological polar surface area (TPSA) is 87.4 Å². The second-order valence-electron chi connectivity index (χ2n) is 6.88. The van der Waals surface area contributed by atoms with Gasteiger partial charge in [0, 0.05) is 57.1 Å². The third kappa shape index (κ3) is 4.19. The average molecular weight is 356 g/mol. The molecule has 26 heavy (non-hydrogen) atoms. The predicted octanol–water partition coefficient (Wildman–Crippen LogP) is 1.28. The van der Waals surface area contributed by atoms with E-state index in [-0.39, 0.29) is 5.91 Å². The molecule has 1 aliphatic heterocycles. The van der Waals surface area contributed by atoms with Gasteiger partial charge in [0.2, 0.25) is 5.95 Å². The number of piperazine rings is 1. The molecule has 4 rings (SSSR count). The lowest BCUT2D eigenvalue weighted by molar-refractivity contribution is 0.0942. The van der Waals surface area contributed by atoms with E-state index in [2.05, 4.69) is 30.2 Å². The minimum absolute atomic E-state index is 0.147. The molecule has 2 aromatic rings. The van der Waals surface area contributed by atoms with Gasteiger partial charge in [0.1, 0.15) is 5.76 Å². The minimum Gasteiger partial charge on any atom is -0.360 e. The van der Waals surface area contributed by atoms with Crippen LogP contribution in [-0.4, -0.2) is 65.2 Å². The van der Waals surface area contributed by atoms with Crippen LogP contribution >= 0.6 is 0 Å². The molecule has 1 amide bonds. The van der Waals surface area contributed by atoms with Crippen molar-refractivity contribution in [2.75, 3.05) is 44.2 Å². The van der Waals surface area contributed by atoms with E-state index in [1.54, 1.807) is 18.5 Å². The lowest BCUT2D eigenvalue weighted by Gasteiger charge is -2.34. The Labute approximate surface area is 152 Å².